The highest BCUT2D eigenvalue weighted by atomic mass is 16.5. The summed E-state index contributed by atoms with van der Waals surface area (Å²) in [6.07, 6.45) is 7.07. The molecule has 2 aliphatic rings. The Balaban J connectivity index is 1.98. The molecular formula is C10H13NO2. The quantitative estimate of drug-likeness (QED) is 0.421. The SMILES string of the molecule is C#CC(=O)C1CN2CCCC2CO1. The van der Waals surface area contributed by atoms with Gasteiger partial charge in [-0.1, -0.05) is 0 Å². The summed E-state index contributed by atoms with van der Waals surface area (Å²) >= 11 is 0. The van der Waals surface area contributed by atoms with Crippen LogP contribution in [-0.4, -0.2) is 42.5 Å². The van der Waals surface area contributed by atoms with Crippen molar-refractivity contribution in [1.82, 2.24) is 4.90 Å². The molecule has 0 aromatic heterocycles. The number of morpholine rings is 1. The lowest BCUT2D eigenvalue weighted by atomic mass is 10.1. The number of terminal acetylenes is 1. The van der Waals surface area contributed by atoms with E-state index < -0.39 is 0 Å². The molecule has 2 fully saturated rings. The Hall–Kier alpha value is -0.850. The van der Waals surface area contributed by atoms with E-state index in [4.69, 9.17) is 11.2 Å². The Kier molecular flexibility index (Phi) is 2.34. The van der Waals surface area contributed by atoms with Crippen molar-refractivity contribution in [2.75, 3.05) is 19.7 Å². The molecule has 0 N–H and O–H groups in total. The molecule has 3 nitrogen and oxygen atoms in total. The minimum Gasteiger partial charge on any atom is -0.366 e. The monoisotopic (exact) mass is 179 g/mol. The van der Waals surface area contributed by atoms with E-state index >= 15 is 0 Å². The first-order valence-electron chi connectivity index (χ1n) is 4.67. The number of ketones is 1. The zero-order valence-electron chi connectivity index (χ0n) is 7.53. The molecule has 0 amide bonds. The van der Waals surface area contributed by atoms with Crippen LogP contribution in [0, 0.1) is 12.3 Å². The molecule has 0 radical (unpaired) electrons. The molecule has 13 heavy (non-hydrogen) atoms. The summed E-state index contributed by atoms with van der Waals surface area (Å²) in [7, 11) is 0. The summed E-state index contributed by atoms with van der Waals surface area (Å²) in [6.45, 7) is 2.44. The number of carbonyl (C=O) groups is 1. The average molecular weight is 179 g/mol. The molecule has 0 aromatic carbocycles. The van der Waals surface area contributed by atoms with Gasteiger partial charge in [0.25, 0.3) is 0 Å². The van der Waals surface area contributed by atoms with E-state index in [-0.39, 0.29) is 11.9 Å². The van der Waals surface area contributed by atoms with E-state index in [1.54, 1.807) is 0 Å². The molecule has 70 valence electrons. The Labute approximate surface area is 78.0 Å². The molecule has 0 aliphatic carbocycles. The first-order valence-corrected chi connectivity index (χ1v) is 4.67. The molecule has 2 heterocycles. The van der Waals surface area contributed by atoms with Crippen molar-refractivity contribution < 1.29 is 9.53 Å². The third-order valence-electron chi connectivity index (χ3n) is 2.82. The topological polar surface area (TPSA) is 29.5 Å². The molecule has 2 unspecified atom stereocenters. The smallest absolute Gasteiger partial charge is 0.235 e. The number of nitrogens with zero attached hydrogens (tertiary/aromatic N) is 1. The summed E-state index contributed by atoms with van der Waals surface area (Å²) in [4.78, 5) is 13.5. The molecule has 0 spiro atoms. The fourth-order valence-corrected chi connectivity index (χ4v) is 2.07. The highest BCUT2D eigenvalue weighted by molar-refractivity contribution is 5.98. The standard InChI is InChI=1S/C10H13NO2/c1-2-9(12)10-6-11-5-3-4-8(11)7-13-10/h1,8,10H,3-7H2. The van der Waals surface area contributed by atoms with Crippen molar-refractivity contribution in [1.29, 1.82) is 0 Å². The second kappa shape index (κ2) is 3.49. The van der Waals surface area contributed by atoms with E-state index in [1.807, 2.05) is 0 Å². The van der Waals surface area contributed by atoms with Crippen LogP contribution >= 0.6 is 0 Å². The zero-order chi connectivity index (χ0) is 9.26. The van der Waals surface area contributed by atoms with E-state index in [1.165, 1.54) is 12.8 Å². The molecule has 0 bridgehead atoms. The molecule has 0 saturated carbocycles. The first kappa shape index (κ1) is 8.74. The zero-order valence-corrected chi connectivity index (χ0v) is 7.53. The normalized spacial score (nSPS) is 33.8. The van der Waals surface area contributed by atoms with Gasteiger partial charge in [-0.2, -0.15) is 0 Å². The van der Waals surface area contributed by atoms with Crippen LogP contribution in [0.4, 0.5) is 0 Å². The van der Waals surface area contributed by atoms with Gasteiger partial charge in [0.05, 0.1) is 6.61 Å². The summed E-state index contributed by atoms with van der Waals surface area (Å²) in [5.41, 5.74) is 0. The van der Waals surface area contributed by atoms with Crippen molar-refractivity contribution in [2.45, 2.75) is 25.0 Å². The van der Waals surface area contributed by atoms with Gasteiger partial charge in [0.2, 0.25) is 5.78 Å². The van der Waals surface area contributed by atoms with Crippen LogP contribution in [-0.2, 0) is 9.53 Å². The molecule has 3 heteroatoms. The molecule has 2 aliphatic heterocycles. The second-order valence-electron chi connectivity index (χ2n) is 3.62. The van der Waals surface area contributed by atoms with Gasteiger partial charge >= 0.3 is 0 Å². The maximum absolute atomic E-state index is 11.2. The molecule has 2 saturated heterocycles. The highest BCUT2D eigenvalue weighted by Crippen LogP contribution is 2.22. The molecule has 2 atom stereocenters. The van der Waals surface area contributed by atoms with E-state index in [0.717, 1.165) is 6.54 Å². The summed E-state index contributed by atoms with van der Waals surface area (Å²) < 4.78 is 5.41. The van der Waals surface area contributed by atoms with Gasteiger partial charge in [-0.15, -0.1) is 6.42 Å². The van der Waals surface area contributed by atoms with Crippen molar-refractivity contribution in [2.24, 2.45) is 0 Å². The fourth-order valence-electron chi connectivity index (χ4n) is 2.07. The predicted molar refractivity (Wildman–Crippen MR) is 48.2 cm³/mol. The number of ether oxygens (including phenoxy) is 1. The summed E-state index contributed by atoms with van der Waals surface area (Å²) in [5, 5.41) is 0. The predicted octanol–water partition coefficient (Wildman–Crippen LogP) is 0.0519. The maximum Gasteiger partial charge on any atom is 0.235 e. The number of fused-ring (bicyclic) bond motifs is 1. The first-order chi connectivity index (χ1) is 6.31. The van der Waals surface area contributed by atoms with E-state index in [9.17, 15) is 4.79 Å². The van der Waals surface area contributed by atoms with Crippen LogP contribution in [0.3, 0.4) is 0 Å². The Bertz CT molecular complexity index is 256. The van der Waals surface area contributed by atoms with Crippen LogP contribution in [0.2, 0.25) is 0 Å². The lowest BCUT2D eigenvalue weighted by Gasteiger charge is -2.33. The van der Waals surface area contributed by atoms with Crippen LogP contribution in [0.1, 0.15) is 12.8 Å². The number of Topliss-reactive ketones (excluding diaryl/α,β-unsaturated/α-hetero) is 1. The maximum atomic E-state index is 11.2. The summed E-state index contributed by atoms with van der Waals surface area (Å²) in [5.74, 6) is 1.91. The Morgan fingerprint density at radius 3 is 3.23 bits per heavy atom. The van der Waals surface area contributed by atoms with Gasteiger partial charge in [0, 0.05) is 12.6 Å². The number of hydrogen-bond donors (Lipinski definition) is 0. The number of rotatable bonds is 1. The Morgan fingerprint density at radius 2 is 2.46 bits per heavy atom. The van der Waals surface area contributed by atoms with Gasteiger partial charge in [-0.05, 0) is 25.3 Å². The second-order valence-corrected chi connectivity index (χ2v) is 3.62. The van der Waals surface area contributed by atoms with E-state index in [2.05, 4.69) is 10.8 Å². The van der Waals surface area contributed by atoms with Crippen molar-refractivity contribution in [3.63, 3.8) is 0 Å². The molecule has 0 aromatic rings. The minimum absolute atomic E-state index is 0.217. The average Bonchev–Trinajstić information content (AvgIpc) is 2.63. The lowest BCUT2D eigenvalue weighted by Crippen LogP contribution is -2.48. The van der Waals surface area contributed by atoms with Crippen molar-refractivity contribution >= 4 is 5.78 Å². The minimum atomic E-state index is -0.376. The van der Waals surface area contributed by atoms with Gasteiger partial charge in [0.15, 0.2) is 0 Å². The number of hydrogen-bond acceptors (Lipinski definition) is 3. The van der Waals surface area contributed by atoms with Crippen LogP contribution in [0.5, 0.6) is 0 Å². The fraction of sp³-hybridized carbons (Fsp3) is 0.700. The van der Waals surface area contributed by atoms with Crippen molar-refractivity contribution in [3.05, 3.63) is 0 Å². The molecular weight excluding hydrogens is 166 g/mol. The highest BCUT2D eigenvalue weighted by Gasteiger charge is 2.34. The molecule has 2 rings (SSSR count). The van der Waals surface area contributed by atoms with Gasteiger partial charge in [-0.25, -0.2) is 0 Å². The lowest BCUT2D eigenvalue weighted by molar-refractivity contribution is -0.132. The van der Waals surface area contributed by atoms with Crippen LogP contribution in [0.15, 0.2) is 0 Å². The third-order valence-corrected chi connectivity index (χ3v) is 2.82. The summed E-state index contributed by atoms with van der Waals surface area (Å²) in [6, 6.07) is 0.529. The number of carbonyl (C=O) groups excluding carboxylic acids is 1. The Morgan fingerprint density at radius 1 is 1.62 bits per heavy atom. The van der Waals surface area contributed by atoms with Gasteiger partial charge < -0.3 is 4.74 Å². The van der Waals surface area contributed by atoms with Crippen LogP contribution < -0.4 is 0 Å². The van der Waals surface area contributed by atoms with E-state index in [0.29, 0.717) is 19.2 Å². The largest absolute Gasteiger partial charge is 0.366 e. The van der Waals surface area contributed by atoms with Gasteiger partial charge in [0.1, 0.15) is 6.10 Å². The van der Waals surface area contributed by atoms with Crippen molar-refractivity contribution in [3.8, 4) is 12.3 Å². The third kappa shape index (κ3) is 1.60. The van der Waals surface area contributed by atoms with Crippen LogP contribution in [0.25, 0.3) is 0 Å². The van der Waals surface area contributed by atoms with Gasteiger partial charge in [-0.3, -0.25) is 9.69 Å².